The van der Waals surface area contributed by atoms with Gasteiger partial charge in [0, 0.05) is 37.0 Å². The van der Waals surface area contributed by atoms with Crippen LogP contribution in [0.15, 0.2) is 6.07 Å². The standard InChI is InChI=1S/C19H26N6O2S/c1-2-13-10-14-16(22-19(21-15(26)11-20)23-17(14)28-13)24-6-8-25(9-7-24)18(27)12-4-3-5-12/h10,12H,2-9,11,20H2,1H3,(H,21,22,23,26). The molecule has 3 heterocycles. The van der Waals surface area contributed by atoms with Crippen molar-refractivity contribution < 1.29 is 9.59 Å². The first-order valence-corrected chi connectivity index (χ1v) is 10.7. The molecule has 8 nitrogen and oxygen atoms in total. The molecule has 4 rings (SSSR count). The Morgan fingerprint density at radius 3 is 2.61 bits per heavy atom. The van der Waals surface area contributed by atoms with Crippen LogP contribution >= 0.6 is 11.3 Å². The molecule has 1 aliphatic heterocycles. The number of nitrogens with one attached hydrogen (secondary N) is 1. The smallest absolute Gasteiger partial charge is 0.240 e. The SMILES string of the molecule is CCc1cc2c(N3CCN(C(=O)C4CCC4)CC3)nc(NC(=O)CN)nc2s1. The average Bonchev–Trinajstić information content (AvgIpc) is 3.09. The maximum Gasteiger partial charge on any atom is 0.240 e. The Labute approximate surface area is 168 Å². The second kappa shape index (κ2) is 8.00. The lowest BCUT2D eigenvalue weighted by Gasteiger charge is -2.38. The summed E-state index contributed by atoms with van der Waals surface area (Å²) in [6.45, 7) is 4.87. The highest BCUT2D eigenvalue weighted by molar-refractivity contribution is 7.18. The summed E-state index contributed by atoms with van der Waals surface area (Å²) in [6, 6.07) is 2.13. The zero-order valence-corrected chi connectivity index (χ0v) is 16.9. The summed E-state index contributed by atoms with van der Waals surface area (Å²) in [5, 5.41) is 3.68. The van der Waals surface area contributed by atoms with Gasteiger partial charge in [-0.15, -0.1) is 11.3 Å². The van der Waals surface area contributed by atoms with Crippen LogP contribution in [-0.2, 0) is 16.0 Å². The van der Waals surface area contributed by atoms with Crippen LogP contribution in [0.25, 0.3) is 10.2 Å². The van der Waals surface area contributed by atoms with Crippen molar-refractivity contribution in [1.82, 2.24) is 14.9 Å². The van der Waals surface area contributed by atoms with Gasteiger partial charge >= 0.3 is 0 Å². The van der Waals surface area contributed by atoms with Crippen molar-refractivity contribution in [3.63, 3.8) is 0 Å². The number of rotatable bonds is 5. The Morgan fingerprint density at radius 1 is 1.25 bits per heavy atom. The third-order valence-electron chi connectivity index (χ3n) is 5.55. The van der Waals surface area contributed by atoms with Crippen molar-refractivity contribution in [3.05, 3.63) is 10.9 Å². The molecule has 2 aliphatic rings. The first-order chi connectivity index (χ1) is 13.6. The summed E-state index contributed by atoms with van der Waals surface area (Å²) < 4.78 is 0. The Kier molecular flexibility index (Phi) is 5.45. The lowest BCUT2D eigenvalue weighted by atomic mass is 9.84. The minimum atomic E-state index is -0.312. The molecule has 3 N–H and O–H groups in total. The molecule has 9 heteroatoms. The average molecular weight is 403 g/mol. The van der Waals surface area contributed by atoms with Crippen LogP contribution in [0.2, 0.25) is 0 Å². The van der Waals surface area contributed by atoms with Gasteiger partial charge in [-0.05, 0) is 25.3 Å². The molecule has 150 valence electrons. The van der Waals surface area contributed by atoms with E-state index in [9.17, 15) is 9.59 Å². The van der Waals surface area contributed by atoms with Gasteiger partial charge in [-0.2, -0.15) is 4.98 Å². The van der Waals surface area contributed by atoms with E-state index in [0.29, 0.717) is 19.0 Å². The molecule has 1 saturated carbocycles. The van der Waals surface area contributed by atoms with Crippen LogP contribution in [0.4, 0.5) is 11.8 Å². The monoisotopic (exact) mass is 402 g/mol. The molecule has 2 aromatic heterocycles. The molecule has 2 fully saturated rings. The first kappa shape index (κ1) is 19.1. The van der Waals surface area contributed by atoms with E-state index in [1.54, 1.807) is 11.3 Å². The van der Waals surface area contributed by atoms with Crippen LogP contribution in [0.1, 0.15) is 31.1 Å². The van der Waals surface area contributed by atoms with E-state index in [4.69, 9.17) is 5.73 Å². The largest absolute Gasteiger partial charge is 0.352 e. The number of nitrogens with zero attached hydrogens (tertiary/aromatic N) is 4. The van der Waals surface area contributed by atoms with E-state index in [-0.39, 0.29) is 24.3 Å². The van der Waals surface area contributed by atoms with E-state index < -0.39 is 0 Å². The summed E-state index contributed by atoms with van der Waals surface area (Å²) in [6.07, 6.45) is 4.16. The van der Waals surface area contributed by atoms with Gasteiger partial charge in [-0.1, -0.05) is 13.3 Å². The van der Waals surface area contributed by atoms with Crippen LogP contribution in [0, 0.1) is 5.92 Å². The topological polar surface area (TPSA) is 104 Å². The number of aromatic nitrogens is 2. The summed E-state index contributed by atoms with van der Waals surface area (Å²) in [5.74, 6) is 1.34. The minimum absolute atomic E-state index is 0.108. The van der Waals surface area contributed by atoms with Crippen molar-refractivity contribution in [2.24, 2.45) is 11.7 Å². The number of thiophene rings is 1. The summed E-state index contributed by atoms with van der Waals surface area (Å²) >= 11 is 1.62. The number of anilines is 2. The molecule has 0 bridgehead atoms. The van der Waals surface area contributed by atoms with Crippen LogP contribution in [0.5, 0.6) is 0 Å². The zero-order valence-electron chi connectivity index (χ0n) is 16.1. The summed E-state index contributed by atoms with van der Waals surface area (Å²) in [7, 11) is 0. The van der Waals surface area contributed by atoms with Crippen LogP contribution < -0.4 is 16.0 Å². The maximum atomic E-state index is 12.5. The normalized spacial score (nSPS) is 17.6. The van der Waals surface area contributed by atoms with Crippen LogP contribution in [0.3, 0.4) is 0 Å². The number of fused-ring (bicyclic) bond motifs is 1. The predicted molar refractivity (Wildman–Crippen MR) is 111 cm³/mol. The number of hydrogen-bond acceptors (Lipinski definition) is 7. The lowest BCUT2D eigenvalue weighted by molar-refractivity contribution is -0.138. The van der Waals surface area contributed by atoms with Gasteiger partial charge in [-0.25, -0.2) is 4.98 Å². The Morgan fingerprint density at radius 2 is 2.00 bits per heavy atom. The first-order valence-electron chi connectivity index (χ1n) is 9.93. The lowest BCUT2D eigenvalue weighted by Crippen LogP contribution is -2.51. The highest BCUT2D eigenvalue weighted by atomic mass is 32.1. The quantitative estimate of drug-likeness (QED) is 0.787. The van der Waals surface area contributed by atoms with Crippen LogP contribution in [-0.4, -0.2) is 59.4 Å². The second-order valence-electron chi connectivity index (χ2n) is 7.35. The molecule has 1 saturated heterocycles. The Balaban J connectivity index is 1.57. The minimum Gasteiger partial charge on any atom is -0.352 e. The van der Waals surface area contributed by atoms with Gasteiger partial charge in [0.25, 0.3) is 0 Å². The number of nitrogens with two attached hydrogens (primary N) is 1. The molecule has 28 heavy (non-hydrogen) atoms. The van der Waals surface area contributed by atoms with Crippen molar-refractivity contribution in [2.75, 3.05) is 42.9 Å². The molecule has 2 amide bonds. The van der Waals surface area contributed by atoms with Gasteiger partial charge in [0.2, 0.25) is 17.8 Å². The molecular formula is C19H26N6O2S. The van der Waals surface area contributed by atoms with Crippen molar-refractivity contribution in [1.29, 1.82) is 0 Å². The third-order valence-corrected chi connectivity index (χ3v) is 6.73. The fourth-order valence-electron chi connectivity index (χ4n) is 3.66. The number of aryl methyl sites for hydroxylation is 1. The molecule has 0 spiro atoms. The number of amides is 2. The summed E-state index contributed by atoms with van der Waals surface area (Å²) in [4.78, 5) is 39.6. The molecule has 0 aromatic carbocycles. The maximum absolute atomic E-state index is 12.5. The van der Waals surface area contributed by atoms with Gasteiger partial charge in [0.1, 0.15) is 10.6 Å². The van der Waals surface area contributed by atoms with Gasteiger partial charge < -0.3 is 15.5 Å². The molecular weight excluding hydrogens is 376 g/mol. The Hall–Kier alpha value is -2.26. The van der Waals surface area contributed by atoms with E-state index >= 15 is 0 Å². The fourth-order valence-corrected chi connectivity index (χ4v) is 4.62. The van der Waals surface area contributed by atoms with E-state index in [1.165, 1.54) is 11.3 Å². The second-order valence-corrected chi connectivity index (χ2v) is 8.46. The van der Waals surface area contributed by atoms with Crippen molar-refractivity contribution >= 4 is 45.1 Å². The van der Waals surface area contributed by atoms with E-state index in [0.717, 1.165) is 48.4 Å². The number of piperazine rings is 1. The van der Waals surface area contributed by atoms with Gasteiger partial charge in [0.05, 0.1) is 11.9 Å². The van der Waals surface area contributed by atoms with Gasteiger partial charge in [0.15, 0.2) is 0 Å². The highest BCUT2D eigenvalue weighted by Crippen LogP contribution is 2.33. The van der Waals surface area contributed by atoms with Gasteiger partial charge in [-0.3, -0.25) is 14.9 Å². The molecule has 0 radical (unpaired) electrons. The molecule has 0 atom stereocenters. The predicted octanol–water partition coefficient (Wildman–Crippen LogP) is 1.60. The highest BCUT2D eigenvalue weighted by Gasteiger charge is 2.32. The molecule has 2 aromatic rings. The van der Waals surface area contributed by atoms with E-state index in [1.807, 2.05) is 4.90 Å². The molecule has 0 unspecified atom stereocenters. The fraction of sp³-hybridized carbons (Fsp3) is 0.579. The molecule has 1 aliphatic carbocycles. The number of carbonyl (C=O) groups excluding carboxylic acids is 2. The van der Waals surface area contributed by atoms with Crippen molar-refractivity contribution in [3.8, 4) is 0 Å². The Bertz CT molecular complexity index is 886. The zero-order chi connectivity index (χ0) is 19.7. The summed E-state index contributed by atoms with van der Waals surface area (Å²) in [5.41, 5.74) is 5.41. The van der Waals surface area contributed by atoms with Crippen molar-refractivity contribution in [2.45, 2.75) is 32.6 Å². The number of hydrogen-bond donors (Lipinski definition) is 2. The van der Waals surface area contributed by atoms with E-state index in [2.05, 4.69) is 33.2 Å². The number of carbonyl (C=O) groups is 2. The third kappa shape index (κ3) is 3.68.